The van der Waals surface area contributed by atoms with Crippen LogP contribution in [0.25, 0.3) is 0 Å². The Morgan fingerprint density at radius 3 is 3.12 bits per heavy atom. The van der Waals surface area contributed by atoms with Crippen molar-refractivity contribution in [2.45, 2.75) is 33.2 Å². The first-order valence-corrected chi connectivity index (χ1v) is 6.70. The molecule has 0 saturated carbocycles. The van der Waals surface area contributed by atoms with Crippen molar-refractivity contribution in [3.05, 3.63) is 23.9 Å². The third-order valence-corrected chi connectivity index (χ3v) is 3.31. The number of anilines is 1. The molecule has 1 aromatic heterocycles. The molecule has 1 aliphatic heterocycles. The molecular formula is C14H23N3. The molecule has 1 saturated heterocycles. The minimum atomic E-state index is 0.804. The van der Waals surface area contributed by atoms with Crippen molar-refractivity contribution in [2.24, 2.45) is 5.92 Å². The largest absolute Gasteiger partial charge is 0.356 e. The van der Waals surface area contributed by atoms with Crippen molar-refractivity contribution in [3.63, 3.8) is 0 Å². The zero-order valence-electron chi connectivity index (χ0n) is 10.9. The molecule has 1 N–H and O–H groups in total. The molecule has 0 radical (unpaired) electrons. The average molecular weight is 233 g/mol. The smallest absolute Gasteiger partial charge is 0.128 e. The summed E-state index contributed by atoms with van der Waals surface area (Å²) in [7, 11) is 0. The molecule has 17 heavy (non-hydrogen) atoms. The molecule has 1 fully saturated rings. The number of hydrogen-bond acceptors (Lipinski definition) is 3. The van der Waals surface area contributed by atoms with Gasteiger partial charge in [0, 0.05) is 25.8 Å². The number of hydrogen-bond donors (Lipinski definition) is 1. The van der Waals surface area contributed by atoms with Gasteiger partial charge in [-0.2, -0.15) is 0 Å². The van der Waals surface area contributed by atoms with E-state index in [0.29, 0.717) is 0 Å². The van der Waals surface area contributed by atoms with Gasteiger partial charge in [-0.25, -0.2) is 4.98 Å². The first-order chi connectivity index (χ1) is 8.29. The third-order valence-electron chi connectivity index (χ3n) is 3.31. The second-order valence-corrected chi connectivity index (χ2v) is 5.04. The van der Waals surface area contributed by atoms with Crippen LogP contribution in [0.4, 0.5) is 5.82 Å². The Morgan fingerprint density at radius 2 is 2.41 bits per heavy atom. The van der Waals surface area contributed by atoms with E-state index in [1.54, 1.807) is 0 Å². The highest BCUT2D eigenvalue weighted by atomic mass is 15.2. The molecule has 3 nitrogen and oxygen atoms in total. The highest BCUT2D eigenvalue weighted by molar-refractivity contribution is 5.42. The summed E-state index contributed by atoms with van der Waals surface area (Å²) in [5, 5.41) is 3.43. The quantitative estimate of drug-likeness (QED) is 0.792. The summed E-state index contributed by atoms with van der Waals surface area (Å²) in [5.41, 5.74) is 1.34. The van der Waals surface area contributed by atoms with Crippen LogP contribution < -0.4 is 10.2 Å². The maximum atomic E-state index is 4.48. The summed E-state index contributed by atoms with van der Waals surface area (Å²) < 4.78 is 0. The van der Waals surface area contributed by atoms with E-state index in [0.717, 1.165) is 37.9 Å². The van der Waals surface area contributed by atoms with Crippen LogP contribution in [-0.2, 0) is 6.54 Å². The first kappa shape index (κ1) is 12.4. The lowest BCUT2D eigenvalue weighted by molar-refractivity contribution is 0.658. The van der Waals surface area contributed by atoms with Gasteiger partial charge < -0.3 is 10.2 Å². The molecule has 2 rings (SSSR count). The molecule has 1 aliphatic rings. The third kappa shape index (κ3) is 3.43. The van der Waals surface area contributed by atoms with Crippen molar-refractivity contribution >= 4 is 5.82 Å². The first-order valence-electron chi connectivity index (χ1n) is 6.70. The predicted molar refractivity (Wildman–Crippen MR) is 72.2 cm³/mol. The Balaban J connectivity index is 1.96. The SMILES string of the molecule is CCCNCc1ccnc(N2CCC(C)C2)c1. The van der Waals surface area contributed by atoms with Crippen molar-refractivity contribution < 1.29 is 0 Å². The summed E-state index contributed by atoms with van der Waals surface area (Å²) in [5.74, 6) is 1.95. The van der Waals surface area contributed by atoms with Crippen LogP contribution in [0.3, 0.4) is 0 Å². The summed E-state index contributed by atoms with van der Waals surface area (Å²) in [6, 6.07) is 4.33. The molecule has 0 spiro atoms. The minimum absolute atomic E-state index is 0.804. The van der Waals surface area contributed by atoms with Gasteiger partial charge in [-0.15, -0.1) is 0 Å². The van der Waals surface area contributed by atoms with Crippen molar-refractivity contribution in [1.29, 1.82) is 0 Å². The molecule has 2 heterocycles. The lowest BCUT2D eigenvalue weighted by atomic mass is 10.2. The van der Waals surface area contributed by atoms with Gasteiger partial charge in [0.05, 0.1) is 0 Å². The Kier molecular flexibility index (Phi) is 4.37. The van der Waals surface area contributed by atoms with Crippen LogP contribution in [0.5, 0.6) is 0 Å². The Bertz CT molecular complexity index is 351. The number of rotatable bonds is 5. The molecule has 1 unspecified atom stereocenters. The molecule has 0 aliphatic carbocycles. The van der Waals surface area contributed by atoms with Crippen molar-refractivity contribution in [3.8, 4) is 0 Å². The molecule has 0 bridgehead atoms. The van der Waals surface area contributed by atoms with Gasteiger partial charge in [-0.3, -0.25) is 0 Å². The minimum Gasteiger partial charge on any atom is -0.356 e. The maximum absolute atomic E-state index is 4.48. The van der Waals surface area contributed by atoms with Gasteiger partial charge >= 0.3 is 0 Å². The predicted octanol–water partition coefficient (Wildman–Crippen LogP) is 2.43. The maximum Gasteiger partial charge on any atom is 0.128 e. The summed E-state index contributed by atoms with van der Waals surface area (Å²) in [6.45, 7) is 8.84. The zero-order chi connectivity index (χ0) is 12.1. The van der Waals surface area contributed by atoms with Gasteiger partial charge in [0.1, 0.15) is 5.82 Å². The molecule has 94 valence electrons. The van der Waals surface area contributed by atoms with Crippen molar-refractivity contribution in [2.75, 3.05) is 24.5 Å². The van der Waals surface area contributed by atoms with Crippen LogP contribution >= 0.6 is 0 Å². The van der Waals surface area contributed by atoms with E-state index in [2.05, 4.69) is 41.2 Å². The number of aromatic nitrogens is 1. The van der Waals surface area contributed by atoms with E-state index in [1.165, 1.54) is 18.4 Å². The molecule has 1 atom stereocenters. The van der Waals surface area contributed by atoms with E-state index >= 15 is 0 Å². The van der Waals surface area contributed by atoms with Crippen LogP contribution in [0.15, 0.2) is 18.3 Å². The number of nitrogens with one attached hydrogen (secondary N) is 1. The molecular weight excluding hydrogens is 210 g/mol. The van der Waals surface area contributed by atoms with E-state index in [9.17, 15) is 0 Å². The monoisotopic (exact) mass is 233 g/mol. The summed E-state index contributed by atoms with van der Waals surface area (Å²) >= 11 is 0. The molecule has 0 amide bonds. The van der Waals surface area contributed by atoms with E-state index in [4.69, 9.17) is 0 Å². The summed E-state index contributed by atoms with van der Waals surface area (Å²) in [4.78, 5) is 6.88. The van der Waals surface area contributed by atoms with Crippen LogP contribution in [0.1, 0.15) is 32.3 Å². The fourth-order valence-corrected chi connectivity index (χ4v) is 2.30. The van der Waals surface area contributed by atoms with Crippen molar-refractivity contribution in [1.82, 2.24) is 10.3 Å². The van der Waals surface area contributed by atoms with Gasteiger partial charge in [-0.1, -0.05) is 13.8 Å². The fraction of sp³-hybridized carbons (Fsp3) is 0.643. The van der Waals surface area contributed by atoms with Crippen LogP contribution in [-0.4, -0.2) is 24.6 Å². The Hall–Kier alpha value is -1.09. The van der Waals surface area contributed by atoms with Gasteiger partial charge in [0.2, 0.25) is 0 Å². The highest BCUT2D eigenvalue weighted by Gasteiger charge is 2.19. The Labute approximate surface area is 104 Å². The molecule has 1 aromatic rings. The number of pyridine rings is 1. The van der Waals surface area contributed by atoms with E-state index in [1.807, 2.05) is 6.20 Å². The second kappa shape index (κ2) is 6.01. The fourth-order valence-electron chi connectivity index (χ4n) is 2.30. The zero-order valence-corrected chi connectivity index (χ0v) is 10.9. The topological polar surface area (TPSA) is 28.2 Å². The molecule has 3 heteroatoms. The lowest BCUT2D eigenvalue weighted by Crippen LogP contribution is -2.21. The lowest BCUT2D eigenvalue weighted by Gasteiger charge is -2.17. The van der Waals surface area contributed by atoms with Gasteiger partial charge in [0.15, 0.2) is 0 Å². The number of nitrogens with zero attached hydrogens (tertiary/aromatic N) is 2. The second-order valence-electron chi connectivity index (χ2n) is 5.04. The highest BCUT2D eigenvalue weighted by Crippen LogP contribution is 2.22. The van der Waals surface area contributed by atoms with E-state index < -0.39 is 0 Å². The molecule has 0 aromatic carbocycles. The normalized spacial score (nSPS) is 19.9. The average Bonchev–Trinajstić information content (AvgIpc) is 2.77. The van der Waals surface area contributed by atoms with Crippen LogP contribution in [0.2, 0.25) is 0 Å². The van der Waals surface area contributed by atoms with Crippen LogP contribution in [0, 0.1) is 5.92 Å². The van der Waals surface area contributed by atoms with Gasteiger partial charge in [0.25, 0.3) is 0 Å². The van der Waals surface area contributed by atoms with E-state index in [-0.39, 0.29) is 0 Å². The standard InChI is InChI=1S/C14H23N3/c1-3-6-15-10-13-4-7-16-14(9-13)17-8-5-12(2)11-17/h4,7,9,12,15H,3,5-6,8,10-11H2,1-2H3. The van der Waals surface area contributed by atoms with Gasteiger partial charge in [-0.05, 0) is 43.0 Å². The summed E-state index contributed by atoms with van der Waals surface area (Å²) in [6.07, 6.45) is 4.41. The Morgan fingerprint density at radius 1 is 1.53 bits per heavy atom.